The van der Waals surface area contributed by atoms with E-state index in [0.29, 0.717) is 12.2 Å². The van der Waals surface area contributed by atoms with Gasteiger partial charge in [0.1, 0.15) is 5.69 Å². The summed E-state index contributed by atoms with van der Waals surface area (Å²) in [5.41, 5.74) is 8.81. The van der Waals surface area contributed by atoms with Crippen LogP contribution < -0.4 is 5.73 Å². The van der Waals surface area contributed by atoms with Gasteiger partial charge in [0.05, 0.1) is 0 Å². The summed E-state index contributed by atoms with van der Waals surface area (Å²) < 4.78 is 0. The molecule has 0 saturated carbocycles. The van der Waals surface area contributed by atoms with Crippen molar-refractivity contribution in [1.29, 1.82) is 0 Å². The van der Waals surface area contributed by atoms with Gasteiger partial charge in [0.2, 0.25) is 0 Å². The molecule has 0 aliphatic carbocycles. The summed E-state index contributed by atoms with van der Waals surface area (Å²) in [5, 5.41) is 0. The molecule has 2 aromatic rings. The Morgan fingerprint density at radius 1 is 1.22 bits per heavy atom. The maximum absolute atomic E-state index is 12.7. The largest absolute Gasteiger partial charge is 0.351 e. The summed E-state index contributed by atoms with van der Waals surface area (Å²) in [7, 11) is 0. The predicted octanol–water partition coefficient (Wildman–Crippen LogP) is 3.30. The van der Waals surface area contributed by atoms with E-state index in [0.717, 1.165) is 24.2 Å². The standard InChI is InChI=1S/C18H23N3O.ClH/c1-18(2)12-21(11-10-16(18)19)17(22)15-9-8-14(20-15)13-6-4-3-5-7-13;/h3-9,16,20H,10-12,19H2,1-2H3;1H. The molecule has 1 atom stereocenters. The highest BCUT2D eigenvalue weighted by Gasteiger charge is 2.35. The van der Waals surface area contributed by atoms with Gasteiger partial charge in [0.25, 0.3) is 5.91 Å². The number of H-pyrrole nitrogens is 1. The minimum atomic E-state index is -0.0389. The number of nitrogens with two attached hydrogens (primary N) is 1. The zero-order chi connectivity index (χ0) is 15.7. The third-order valence-corrected chi connectivity index (χ3v) is 4.60. The number of likely N-dealkylation sites (tertiary alicyclic amines) is 1. The van der Waals surface area contributed by atoms with Crippen molar-refractivity contribution in [2.45, 2.75) is 26.3 Å². The van der Waals surface area contributed by atoms with Crippen molar-refractivity contribution in [2.24, 2.45) is 11.1 Å². The number of piperidine rings is 1. The average molecular weight is 334 g/mol. The number of carbonyl (C=O) groups is 1. The van der Waals surface area contributed by atoms with Crippen LogP contribution >= 0.6 is 12.4 Å². The van der Waals surface area contributed by atoms with Crippen LogP contribution in [0.15, 0.2) is 42.5 Å². The van der Waals surface area contributed by atoms with E-state index in [-0.39, 0.29) is 29.8 Å². The van der Waals surface area contributed by atoms with Gasteiger partial charge in [-0.2, -0.15) is 0 Å². The van der Waals surface area contributed by atoms with Crippen LogP contribution in [0.3, 0.4) is 0 Å². The van der Waals surface area contributed by atoms with Crippen LogP contribution in [0.2, 0.25) is 0 Å². The number of benzene rings is 1. The summed E-state index contributed by atoms with van der Waals surface area (Å²) in [6, 6.07) is 14.0. The van der Waals surface area contributed by atoms with Gasteiger partial charge in [0, 0.05) is 24.8 Å². The zero-order valence-corrected chi connectivity index (χ0v) is 14.4. The van der Waals surface area contributed by atoms with Gasteiger partial charge in [-0.15, -0.1) is 12.4 Å². The van der Waals surface area contributed by atoms with Gasteiger partial charge in [-0.25, -0.2) is 0 Å². The first-order valence-corrected chi connectivity index (χ1v) is 7.77. The average Bonchev–Trinajstić information content (AvgIpc) is 3.00. The van der Waals surface area contributed by atoms with Gasteiger partial charge in [-0.05, 0) is 29.5 Å². The number of nitrogens with one attached hydrogen (secondary N) is 1. The number of aromatic amines is 1. The first-order chi connectivity index (χ1) is 10.5. The summed E-state index contributed by atoms with van der Waals surface area (Å²) >= 11 is 0. The van der Waals surface area contributed by atoms with E-state index in [1.807, 2.05) is 47.4 Å². The quantitative estimate of drug-likeness (QED) is 0.885. The Morgan fingerprint density at radius 3 is 2.57 bits per heavy atom. The number of hydrogen-bond acceptors (Lipinski definition) is 2. The van der Waals surface area contributed by atoms with Crippen molar-refractivity contribution >= 4 is 18.3 Å². The summed E-state index contributed by atoms with van der Waals surface area (Å²) in [6.07, 6.45) is 0.852. The van der Waals surface area contributed by atoms with E-state index < -0.39 is 0 Å². The SMILES string of the molecule is CC1(C)CN(C(=O)c2ccc(-c3ccccc3)[nH]2)CCC1N.Cl. The highest BCUT2D eigenvalue weighted by atomic mass is 35.5. The normalized spacial score (nSPS) is 20.0. The maximum atomic E-state index is 12.7. The molecule has 0 radical (unpaired) electrons. The van der Waals surface area contributed by atoms with E-state index in [1.165, 1.54) is 0 Å². The first-order valence-electron chi connectivity index (χ1n) is 7.77. The topological polar surface area (TPSA) is 62.1 Å². The second-order valence-corrected chi connectivity index (χ2v) is 6.76. The fourth-order valence-corrected chi connectivity index (χ4v) is 3.02. The van der Waals surface area contributed by atoms with Gasteiger partial charge in [-0.3, -0.25) is 4.79 Å². The molecule has 1 unspecified atom stereocenters. The molecular weight excluding hydrogens is 310 g/mol. The van der Waals surface area contributed by atoms with E-state index in [4.69, 9.17) is 5.73 Å². The number of carbonyl (C=O) groups excluding carboxylic acids is 1. The zero-order valence-electron chi connectivity index (χ0n) is 13.6. The second kappa shape index (κ2) is 6.77. The Kier molecular flexibility index (Phi) is 5.17. The molecule has 5 heteroatoms. The van der Waals surface area contributed by atoms with Gasteiger partial charge in [-0.1, -0.05) is 44.2 Å². The molecular formula is C18H24ClN3O. The lowest BCUT2D eigenvalue weighted by Crippen LogP contribution is -2.54. The highest BCUT2D eigenvalue weighted by Crippen LogP contribution is 2.29. The number of hydrogen-bond donors (Lipinski definition) is 2. The molecule has 1 aliphatic heterocycles. The molecule has 4 nitrogen and oxygen atoms in total. The monoisotopic (exact) mass is 333 g/mol. The van der Waals surface area contributed by atoms with Crippen LogP contribution in [-0.2, 0) is 0 Å². The van der Waals surface area contributed by atoms with Crippen molar-refractivity contribution in [2.75, 3.05) is 13.1 Å². The maximum Gasteiger partial charge on any atom is 0.270 e. The van der Waals surface area contributed by atoms with Crippen LogP contribution in [0.25, 0.3) is 11.3 Å². The van der Waals surface area contributed by atoms with Crippen molar-refractivity contribution in [3.8, 4) is 11.3 Å². The minimum absolute atomic E-state index is 0. The lowest BCUT2D eigenvalue weighted by molar-refractivity contribution is 0.0528. The Labute approximate surface area is 143 Å². The molecule has 1 saturated heterocycles. The van der Waals surface area contributed by atoms with Gasteiger partial charge in [0.15, 0.2) is 0 Å². The van der Waals surface area contributed by atoms with Crippen molar-refractivity contribution in [3.63, 3.8) is 0 Å². The summed E-state index contributed by atoms with van der Waals surface area (Å²) in [4.78, 5) is 17.8. The molecule has 0 spiro atoms. The molecule has 1 fully saturated rings. The predicted molar refractivity (Wildman–Crippen MR) is 95.8 cm³/mol. The lowest BCUT2D eigenvalue weighted by atomic mass is 9.79. The molecule has 124 valence electrons. The molecule has 3 N–H and O–H groups in total. The number of halogens is 1. The van der Waals surface area contributed by atoms with Crippen molar-refractivity contribution in [3.05, 3.63) is 48.2 Å². The Bertz CT molecular complexity index is 666. The number of aromatic nitrogens is 1. The second-order valence-electron chi connectivity index (χ2n) is 6.76. The smallest absolute Gasteiger partial charge is 0.270 e. The fourth-order valence-electron chi connectivity index (χ4n) is 3.02. The van der Waals surface area contributed by atoms with E-state index in [1.54, 1.807) is 0 Å². The van der Waals surface area contributed by atoms with Gasteiger partial charge < -0.3 is 15.6 Å². The van der Waals surface area contributed by atoms with Crippen LogP contribution in [0.5, 0.6) is 0 Å². The van der Waals surface area contributed by atoms with Crippen LogP contribution in [0.4, 0.5) is 0 Å². The van der Waals surface area contributed by atoms with Crippen molar-refractivity contribution in [1.82, 2.24) is 9.88 Å². The first kappa shape index (κ1) is 17.6. The molecule has 1 aromatic carbocycles. The molecule has 2 heterocycles. The minimum Gasteiger partial charge on any atom is -0.351 e. The third kappa shape index (κ3) is 3.59. The summed E-state index contributed by atoms with van der Waals surface area (Å²) in [6.45, 7) is 5.68. The Hall–Kier alpha value is -1.78. The number of amides is 1. The van der Waals surface area contributed by atoms with E-state index in [9.17, 15) is 4.79 Å². The van der Waals surface area contributed by atoms with Crippen LogP contribution in [0.1, 0.15) is 30.8 Å². The lowest BCUT2D eigenvalue weighted by Gasteiger charge is -2.42. The van der Waals surface area contributed by atoms with Crippen LogP contribution in [0, 0.1) is 5.41 Å². The molecule has 1 amide bonds. The number of rotatable bonds is 2. The van der Waals surface area contributed by atoms with E-state index in [2.05, 4.69) is 18.8 Å². The molecule has 0 bridgehead atoms. The molecule has 23 heavy (non-hydrogen) atoms. The Balaban J connectivity index is 0.00000192. The molecule has 1 aromatic heterocycles. The molecule has 1 aliphatic rings. The fraction of sp³-hybridized carbons (Fsp3) is 0.389. The summed E-state index contributed by atoms with van der Waals surface area (Å²) in [5.74, 6) is 0.0576. The van der Waals surface area contributed by atoms with Crippen molar-refractivity contribution < 1.29 is 4.79 Å². The van der Waals surface area contributed by atoms with Crippen LogP contribution in [-0.4, -0.2) is 34.9 Å². The Morgan fingerprint density at radius 2 is 1.91 bits per heavy atom. The van der Waals surface area contributed by atoms with E-state index >= 15 is 0 Å². The third-order valence-electron chi connectivity index (χ3n) is 4.60. The number of nitrogens with zero attached hydrogens (tertiary/aromatic N) is 1. The molecule has 3 rings (SSSR count). The van der Waals surface area contributed by atoms with Gasteiger partial charge >= 0.3 is 0 Å². The highest BCUT2D eigenvalue weighted by molar-refractivity contribution is 5.93.